The van der Waals surface area contributed by atoms with Gasteiger partial charge in [0.1, 0.15) is 0 Å². The predicted octanol–water partition coefficient (Wildman–Crippen LogP) is 3.16. The molecule has 2 heterocycles. The number of fused-ring (bicyclic) bond motifs is 1. The van der Waals surface area contributed by atoms with Crippen LogP contribution in [0.1, 0.15) is 37.1 Å². The minimum Gasteiger partial charge on any atom is -0.503 e. The van der Waals surface area contributed by atoms with Crippen LogP contribution in [-0.4, -0.2) is 21.1 Å². The molecule has 0 amide bonds. The summed E-state index contributed by atoms with van der Waals surface area (Å²) in [6.45, 7) is 7.84. The highest BCUT2D eigenvalue weighted by Gasteiger charge is 2.17. The van der Waals surface area contributed by atoms with Crippen LogP contribution in [0.2, 0.25) is 0 Å². The monoisotopic (exact) mass is 326 g/mol. The van der Waals surface area contributed by atoms with Crippen LogP contribution in [0.4, 0.5) is 0 Å². The average Bonchev–Trinajstić information content (AvgIpc) is 2.56. The molecule has 128 valence electrons. The highest BCUT2D eigenvalue weighted by Crippen LogP contribution is 2.20. The third kappa shape index (κ3) is 3.88. The van der Waals surface area contributed by atoms with E-state index in [1.807, 2.05) is 4.57 Å². The van der Waals surface area contributed by atoms with Gasteiger partial charge in [0, 0.05) is 37.9 Å². The van der Waals surface area contributed by atoms with Crippen molar-refractivity contribution >= 4 is 0 Å². The fourth-order valence-corrected chi connectivity index (χ4v) is 3.26. The van der Waals surface area contributed by atoms with Crippen LogP contribution in [0.25, 0.3) is 0 Å². The lowest BCUT2D eigenvalue weighted by atomic mass is 10.00. The molecule has 1 aromatic carbocycles. The smallest absolute Gasteiger partial charge is 0.223 e. The Balaban J connectivity index is 1.79. The zero-order chi connectivity index (χ0) is 17.1. The molecule has 0 saturated carbocycles. The van der Waals surface area contributed by atoms with Gasteiger partial charge < -0.3 is 9.67 Å². The minimum atomic E-state index is -0.289. The molecule has 0 saturated heterocycles. The summed E-state index contributed by atoms with van der Waals surface area (Å²) >= 11 is 0. The number of aromatic nitrogens is 1. The van der Waals surface area contributed by atoms with E-state index in [4.69, 9.17) is 0 Å². The van der Waals surface area contributed by atoms with E-state index in [1.54, 1.807) is 12.3 Å². The quantitative estimate of drug-likeness (QED) is 0.918. The van der Waals surface area contributed by atoms with Crippen molar-refractivity contribution in [3.63, 3.8) is 0 Å². The standard InChI is InChI=1S/C20H26N2O2/c1-15(2)7-10-22-14-20(24)19(23)11-18(22)13-21-9-8-16-5-3-4-6-17(16)12-21/h3-6,11,14-15,24H,7-10,12-13H2,1-2H3. The van der Waals surface area contributed by atoms with Gasteiger partial charge >= 0.3 is 0 Å². The number of aryl methyl sites for hydroxylation is 1. The van der Waals surface area contributed by atoms with Crippen molar-refractivity contribution in [2.24, 2.45) is 5.92 Å². The minimum absolute atomic E-state index is 0.161. The highest BCUT2D eigenvalue weighted by atomic mass is 16.3. The molecule has 1 aromatic heterocycles. The van der Waals surface area contributed by atoms with Gasteiger partial charge in [0.05, 0.1) is 6.20 Å². The zero-order valence-corrected chi connectivity index (χ0v) is 14.5. The van der Waals surface area contributed by atoms with E-state index in [0.717, 1.165) is 44.7 Å². The lowest BCUT2D eigenvalue weighted by Gasteiger charge is -2.29. The van der Waals surface area contributed by atoms with Crippen LogP contribution in [0.15, 0.2) is 41.3 Å². The summed E-state index contributed by atoms with van der Waals surface area (Å²) in [6, 6.07) is 10.2. The van der Waals surface area contributed by atoms with Crippen LogP contribution in [-0.2, 0) is 26.1 Å². The van der Waals surface area contributed by atoms with Gasteiger partial charge in [0.15, 0.2) is 5.75 Å². The van der Waals surface area contributed by atoms with E-state index >= 15 is 0 Å². The normalized spacial score (nSPS) is 14.8. The van der Waals surface area contributed by atoms with E-state index in [9.17, 15) is 9.90 Å². The molecule has 3 rings (SSSR count). The molecule has 1 aliphatic heterocycles. The molecule has 0 atom stereocenters. The molecule has 0 fully saturated rings. The first-order valence-electron chi connectivity index (χ1n) is 8.74. The highest BCUT2D eigenvalue weighted by molar-refractivity contribution is 5.29. The number of hydrogen-bond acceptors (Lipinski definition) is 3. The van der Waals surface area contributed by atoms with E-state index in [0.29, 0.717) is 5.92 Å². The van der Waals surface area contributed by atoms with E-state index in [-0.39, 0.29) is 11.2 Å². The molecule has 24 heavy (non-hydrogen) atoms. The number of aromatic hydroxyl groups is 1. The Labute approximate surface area is 143 Å². The summed E-state index contributed by atoms with van der Waals surface area (Å²) in [5.74, 6) is 0.424. The summed E-state index contributed by atoms with van der Waals surface area (Å²) in [5.41, 5.74) is 3.50. The van der Waals surface area contributed by atoms with Crippen molar-refractivity contribution in [2.45, 2.75) is 46.3 Å². The van der Waals surface area contributed by atoms with Crippen LogP contribution in [0.3, 0.4) is 0 Å². The molecule has 0 radical (unpaired) electrons. The Morgan fingerprint density at radius 2 is 1.96 bits per heavy atom. The van der Waals surface area contributed by atoms with E-state index < -0.39 is 0 Å². The summed E-state index contributed by atoms with van der Waals surface area (Å²) in [4.78, 5) is 14.3. The van der Waals surface area contributed by atoms with Gasteiger partial charge in [0.2, 0.25) is 5.43 Å². The fraction of sp³-hybridized carbons (Fsp3) is 0.450. The van der Waals surface area contributed by atoms with Crippen molar-refractivity contribution in [2.75, 3.05) is 6.54 Å². The Kier molecular flexibility index (Phi) is 5.05. The topological polar surface area (TPSA) is 45.5 Å². The molecule has 0 aliphatic carbocycles. The van der Waals surface area contributed by atoms with Crippen molar-refractivity contribution in [3.05, 3.63) is 63.6 Å². The van der Waals surface area contributed by atoms with Crippen LogP contribution in [0.5, 0.6) is 5.75 Å². The van der Waals surface area contributed by atoms with E-state index in [1.165, 1.54) is 11.1 Å². The predicted molar refractivity (Wildman–Crippen MR) is 96.1 cm³/mol. The van der Waals surface area contributed by atoms with Gasteiger partial charge in [-0.2, -0.15) is 0 Å². The summed E-state index contributed by atoms with van der Waals surface area (Å²) in [5, 5.41) is 9.78. The number of hydrogen-bond donors (Lipinski definition) is 1. The van der Waals surface area contributed by atoms with Crippen molar-refractivity contribution < 1.29 is 5.11 Å². The second-order valence-corrected chi connectivity index (χ2v) is 7.12. The molecule has 0 bridgehead atoms. The third-order valence-corrected chi connectivity index (χ3v) is 4.74. The Morgan fingerprint density at radius 1 is 1.21 bits per heavy atom. The number of pyridine rings is 1. The Morgan fingerprint density at radius 3 is 2.71 bits per heavy atom. The van der Waals surface area contributed by atoms with Crippen molar-refractivity contribution in [3.8, 4) is 5.75 Å². The summed E-state index contributed by atoms with van der Waals surface area (Å²) < 4.78 is 2.04. The largest absolute Gasteiger partial charge is 0.503 e. The summed E-state index contributed by atoms with van der Waals surface area (Å²) in [6.07, 6.45) is 3.67. The molecule has 1 aliphatic rings. The molecule has 4 heteroatoms. The maximum Gasteiger partial charge on any atom is 0.223 e. The number of rotatable bonds is 5. The van der Waals surface area contributed by atoms with Crippen molar-refractivity contribution in [1.29, 1.82) is 0 Å². The van der Waals surface area contributed by atoms with Crippen LogP contribution < -0.4 is 5.43 Å². The second-order valence-electron chi connectivity index (χ2n) is 7.12. The van der Waals surface area contributed by atoms with Crippen LogP contribution >= 0.6 is 0 Å². The molecule has 0 unspecified atom stereocenters. The van der Waals surface area contributed by atoms with Gasteiger partial charge in [-0.05, 0) is 29.9 Å². The lowest BCUT2D eigenvalue weighted by Crippen LogP contribution is -2.31. The molecule has 4 nitrogen and oxygen atoms in total. The molecule has 2 aromatic rings. The van der Waals surface area contributed by atoms with Gasteiger partial charge in [0.25, 0.3) is 0 Å². The molecular weight excluding hydrogens is 300 g/mol. The molecule has 1 N–H and O–H groups in total. The summed E-state index contributed by atoms with van der Waals surface area (Å²) in [7, 11) is 0. The van der Waals surface area contributed by atoms with Gasteiger partial charge in [-0.15, -0.1) is 0 Å². The Bertz CT molecular complexity index is 764. The third-order valence-electron chi connectivity index (χ3n) is 4.74. The first kappa shape index (κ1) is 16.8. The Hall–Kier alpha value is -2.07. The maximum atomic E-state index is 11.9. The molecular formula is C20H26N2O2. The first-order chi connectivity index (χ1) is 11.5. The second kappa shape index (κ2) is 7.22. The fourth-order valence-electron chi connectivity index (χ4n) is 3.26. The maximum absolute atomic E-state index is 11.9. The zero-order valence-electron chi connectivity index (χ0n) is 14.5. The lowest BCUT2D eigenvalue weighted by molar-refractivity contribution is 0.237. The van der Waals surface area contributed by atoms with E-state index in [2.05, 4.69) is 43.0 Å². The van der Waals surface area contributed by atoms with Crippen molar-refractivity contribution in [1.82, 2.24) is 9.47 Å². The number of benzene rings is 1. The number of nitrogens with zero attached hydrogens (tertiary/aromatic N) is 2. The SMILES string of the molecule is CC(C)CCn1cc(O)c(=O)cc1CN1CCc2ccccc2C1. The van der Waals surface area contributed by atoms with Gasteiger partial charge in [-0.3, -0.25) is 9.69 Å². The van der Waals surface area contributed by atoms with Crippen LogP contribution in [0, 0.1) is 5.92 Å². The van der Waals surface area contributed by atoms with Gasteiger partial charge in [-0.1, -0.05) is 38.1 Å². The first-order valence-corrected chi connectivity index (χ1v) is 8.74. The molecule has 0 spiro atoms. The van der Waals surface area contributed by atoms with Gasteiger partial charge in [-0.25, -0.2) is 0 Å². The average molecular weight is 326 g/mol.